The number of ether oxygens (including phenoxy) is 1. The molecule has 0 aliphatic heterocycles. The molecule has 0 fully saturated rings. The SMILES string of the molecule is COc1ccc(-n2ccc(C(=O)NCCCCC(=O)O)n2)cc1. The van der Waals surface area contributed by atoms with Crippen molar-refractivity contribution >= 4 is 11.9 Å². The van der Waals surface area contributed by atoms with Gasteiger partial charge in [0, 0.05) is 19.2 Å². The molecule has 0 saturated heterocycles. The molecule has 0 unspecified atom stereocenters. The molecule has 122 valence electrons. The number of carboxylic acids is 1. The van der Waals surface area contributed by atoms with Crippen LogP contribution in [-0.4, -0.2) is 40.4 Å². The van der Waals surface area contributed by atoms with E-state index in [1.807, 2.05) is 24.3 Å². The monoisotopic (exact) mass is 317 g/mol. The third-order valence-corrected chi connectivity index (χ3v) is 3.26. The molecule has 1 amide bonds. The van der Waals surface area contributed by atoms with Gasteiger partial charge >= 0.3 is 5.97 Å². The minimum absolute atomic E-state index is 0.113. The number of methoxy groups -OCH3 is 1. The topological polar surface area (TPSA) is 93.5 Å². The van der Waals surface area contributed by atoms with Crippen molar-refractivity contribution < 1.29 is 19.4 Å². The van der Waals surface area contributed by atoms with E-state index in [0.29, 0.717) is 25.1 Å². The molecule has 2 N–H and O–H groups in total. The van der Waals surface area contributed by atoms with Gasteiger partial charge < -0.3 is 15.2 Å². The molecule has 0 spiro atoms. The normalized spacial score (nSPS) is 10.3. The van der Waals surface area contributed by atoms with E-state index in [4.69, 9.17) is 9.84 Å². The van der Waals surface area contributed by atoms with Crippen molar-refractivity contribution in [1.82, 2.24) is 15.1 Å². The molecule has 0 bridgehead atoms. The summed E-state index contributed by atoms with van der Waals surface area (Å²) < 4.78 is 6.71. The van der Waals surface area contributed by atoms with Gasteiger partial charge in [0.1, 0.15) is 5.75 Å². The summed E-state index contributed by atoms with van der Waals surface area (Å²) in [6.07, 6.45) is 2.98. The molecule has 7 heteroatoms. The Kier molecular flexibility index (Phi) is 5.74. The van der Waals surface area contributed by atoms with Crippen molar-refractivity contribution in [2.45, 2.75) is 19.3 Å². The maximum Gasteiger partial charge on any atom is 0.303 e. The van der Waals surface area contributed by atoms with Crippen molar-refractivity contribution in [3.05, 3.63) is 42.2 Å². The quantitative estimate of drug-likeness (QED) is 0.725. The zero-order valence-electron chi connectivity index (χ0n) is 12.9. The molecule has 2 rings (SSSR count). The summed E-state index contributed by atoms with van der Waals surface area (Å²) in [7, 11) is 1.60. The smallest absolute Gasteiger partial charge is 0.303 e. The number of rotatable bonds is 8. The lowest BCUT2D eigenvalue weighted by Gasteiger charge is -2.04. The number of nitrogens with one attached hydrogen (secondary N) is 1. The molecule has 2 aromatic rings. The summed E-state index contributed by atoms with van der Waals surface area (Å²) in [5.41, 5.74) is 1.14. The van der Waals surface area contributed by atoms with Gasteiger partial charge in [0.15, 0.2) is 5.69 Å². The van der Waals surface area contributed by atoms with Gasteiger partial charge in [-0.25, -0.2) is 4.68 Å². The first-order valence-corrected chi connectivity index (χ1v) is 7.30. The first-order chi connectivity index (χ1) is 11.1. The van der Waals surface area contributed by atoms with E-state index in [1.54, 1.807) is 24.1 Å². The number of carboxylic acid groups (broad SMARTS) is 1. The molecule has 23 heavy (non-hydrogen) atoms. The number of unbranched alkanes of at least 4 members (excludes halogenated alkanes) is 1. The zero-order valence-corrected chi connectivity index (χ0v) is 12.9. The molecule has 1 aromatic heterocycles. The number of carbonyl (C=O) groups is 2. The van der Waals surface area contributed by atoms with Gasteiger partial charge in [-0.2, -0.15) is 5.10 Å². The number of hydrogen-bond donors (Lipinski definition) is 2. The average Bonchev–Trinajstić information content (AvgIpc) is 3.04. The number of aromatic nitrogens is 2. The van der Waals surface area contributed by atoms with Crippen molar-refractivity contribution in [3.8, 4) is 11.4 Å². The van der Waals surface area contributed by atoms with Crippen LogP contribution in [0, 0.1) is 0 Å². The Hall–Kier alpha value is -2.83. The number of nitrogens with zero attached hydrogens (tertiary/aromatic N) is 2. The van der Waals surface area contributed by atoms with Gasteiger partial charge in [-0.05, 0) is 43.2 Å². The lowest BCUT2D eigenvalue weighted by atomic mass is 10.2. The lowest BCUT2D eigenvalue weighted by Crippen LogP contribution is -2.25. The second-order valence-corrected chi connectivity index (χ2v) is 4.95. The molecule has 0 aliphatic rings. The first-order valence-electron chi connectivity index (χ1n) is 7.30. The van der Waals surface area contributed by atoms with E-state index in [0.717, 1.165) is 11.4 Å². The van der Waals surface area contributed by atoms with Gasteiger partial charge in [0.05, 0.1) is 12.8 Å². The molecule has 0 aliphatic carbocycles. The molecule has 7 nitrogen and oxygen atoms in total. The van der Waals surface area contributed by atoms with Crippen LogP contribution in [0.3, 0.4) is 0 Å². The van der Waals surface area contributed by atoms with Gasteiger partial charge in [0.2, 0.25) is 0 Å². The summed E-state index contributed by atoms with van der Waals surface area (Å²) in [5.74, 6) is -0.345. The second-order valence-electron chi connectivity index (χ2n) is 4.95. The molecular weight excluding hydrogens is 298 g/mol. The number of benzene rings is 1. The Morgan fingerprint density at radius 1 is 1.22 bits per heavy atom. The van der Waals surface area contributed by atoms with Crippen molar-refractivity contribution in [2.24, 2.45) is 0 Å². The third kappa shape index (κ3) is 4.84. The van der Waals surface area contributed by atoms with Crippen LogP contribution in [0.2, 0.25) is 0 Å². The third-order valence-electron chi connectivity index (χ3n) is 3.26. The Balaban J connectivity index is 1.87. The highest BCUT2D eigenvalue weighted by Crippen LogP contribution is 2.14. The van der Waals surface area contributed by atoms with E-state index in [2.05, 4.69) is 10.4 Å². The predicted octanol–water partition coefficient (Wildman–Crippen LogP) is 1.87. The van der Waals surface area contributed by atoms with Crippen LogP contribution in [0.5, 0.6) is 5.75 Å². The van der Waals surface area contributed by atoms with Gasteiger partial charge in [0.25, 0.3) is 5.91 Å². The largest absolute Gasteiger partial charge is 0.497 e. The maximum absolute atomic E-state index is 12.0. The average molecular weight is 317 g/mol. The standard InChI is InChI=1S/C16H19N3O4/c1-23-13-7-5-12(6-8-13)19-11-9-14(18-19)16(22)17-10-3-2-4-15(20)21/h5-9,11H,2-4,10H2,1H3,(H,17,22)(H,20,21). The van der Waals surface area contributed by atoms with Crippen LogP contribution in [0.25, 0.3) is 5.69 Å². The minimum Gasteiger partial charge on any atom is -0.497 e. The molecule has 0 radical (unpaired) electrons. The van der Waals surface area contributed by atoms with Crippen LogP contribution in [0.1, 0.15) is 29.8 Å². The Morgan fingerprint density at radius 3 is 2.61 bits per heavy atom. The fourth-order valence-electron chi connectivity index (χ4n) is 2.02. The summed E-state index contributed by atoms with van der Waals surface area (Å²) in [6, 6.07) is 8.97. The van der Waals surface area contributed by atoms with Crippen molar-refractivity contribution in [3.63, 3.8) is 0 Å². The van der Waals surface area contributed by atoms with E-state index >= 15 is 0 Å². The summed E-state index contributed by atoms with van der Waals surface area (Å²) in [5, 5.41) is 15.5. The van der Waals surface area contributed by atoms with Crippen LogP contribution < -0.4 is 10.1 Å². The minimum atomic E-state index is -0.824. The van der Waals surface area contributed by atoms with Crippen LogP contribution in [0.15, 0.2) is 36.5 Å². The van der Waals surface area contributed by atoms with E-state index in [-0.39, 0.29) is 12.3 Å². The fourth-order valence-corrected chi connectivity index (χ4v) is 2.02. The number of hydrogen-bond acceptors (Lipinski definition) is 4. The number of amides is 1. The van der Waals surface area contributed by atoms with Crippen LogP contribution in [-0.2, 0) is 4.79 Å². The molecule has 1 heterocycles. The van der Waals surface area contributed by atoms with Crippen molar-refractivity contribution in [1.29, 1.82) is 0 Å². The Morgan fingerprint density at radius 2 is 1.96 bits per heavy atom. The first kappa shape index (κ1) is 16.5. The highest BCUT2D eigenvalue weighted by atomic mass is 16.5. The highest BCUT2D eigenvalue weighted by Gasteiger charge is 2.09. The van der Waals surface area contributed by atoms with Gasteiger partial charge in [-0.1, -0.05) is 0 Å². The van der Waals surface area contributed by atoms with Crippen LogP contribution >= 0.6 is 0 Å². The Labute approximate surface area is 133 Å². The van der Waals surface area contributed by atoms with E-state index in [1.165, 1.54) is 0 Å². The van der Waals surface area contributed by atoms with E-state index in [9.17, 15) is 9.59 Å². The number of aliphatic carboxylic acids is 1. The molecular formula is C16H19N3O4. The number of carbonyl (C=O) groups excluding carboxylic acids is 1. The summed E-state index contributed by atoms with van der Waals surface area (Å²) in [4.78, 5) is 22.4. The van der Waals surface area contributed by atoms with Crippen LogP contribution in [0.4, 0.5) is 0 Å². The van der Waals surface area contributed by atoms with Gasteiger partial charge in [-0.15, -0.1) is 0 Å². The summed E-state index contributed by atoms with van der Waals surface area (Å²) >= 11 is 0. The molecule has 0 saturated carbocycles. The molecule has 0 atom stereocenters. The van der Waals surface area contributed by atoms with Crippen molar-refractivity contribution in [2.75, 3.05) is 13.7 Å². The maximum atomic E-state index is 12.0. The zero-order chi connectivity index (χ0) is 16.7. The molecule has 1 aromatic carbocycles. The second kappa shape index (κ2) is 7.98. The van der Waals surface area contributed by atoms with Gasteiger partial charge in [-0.3, -0.25) is 9.59 Å². The lowest BCUT2D eigenvalue weighted by molar-refractivity contribution is -0.137. The highest BCUT2D eigenvalue weighted by molar-refractivity contribution is 5.92. The Bertz CT molecular complexity index is 664. The predicted molar refractivity (Wildman–Crippen MR) is 83.9 cm³/mol. The summed E-state index contributed by atoms with van der Waals surface area (Å²) in [6.45, 7) is 0.432. The van der Waals surface area contributed by atoms with E-state index < -0.39 is 5.97 Å². The fraction of sp³-hybridized carbons (Fsp3) is 0.312.